The summed E-state index contributed by atoms with van der Waals surface area (Å²) in [6, 6.07) is 20.1. The Morgan fingerprint density at radius 1 is 1.12 bits per heavy atom. The molecule has 2 aromatic carbocycles. The first-order valence-electron chi connectivity index (χ1n) is 10.8. The van der Waals surface area contributed by atoms with Crippen LogP contribution in [0.4, 0.5) is 4.39 Å². The zero-order chi connectivity index (χ0) is 22.3. The van der Waals surface area contributed by atoms with Crippen LogP contribution >= 0.6 is 0 Å². The maximum atomic E-state index is 14.0. The van der Waals surface area contributed by atoms with E-state index < -0.39 is 0 Å². The topological polar surface area (TPSA) is 55.6 Å². The van der Waals surface area contributed by atoms with Crippen molar-refractivity contribution in [2.45, 2.75) is 32.3 Å². The minimum Gasteiger partial charge on any atom is -0.485 e. The summed E-state index contributed by atoms with van der Waals surface area (Å²) in [4.78, 5) is 17.2. The smallest absolute Gasteiger partial charge is 0.221 e. The van der Waals surface area contributed by atoms with E-state index in [1.807, 2.05) is 66.1 Å². The lowest BCUT2D eigenvalue weighted by Gasteiger charge is -2.18. The lowest BCUT2D eigenvalue weighted by atomic mass is 9.92. The minimum atomic E-state index is -0.345. The van der Waals surface area contributed by atoms with E-state index >= 15 is 0 Å². The molecule has 1 amide bonds. The zero-order valence-corrected chi connectivity index (χ0v) is 18.0. The molecule has 32 heavy (non-hydrogen) atoms. The van der Waals surface area contributed by atoms with Gasteiger partial charge in [-0.05, 0) is 41.8 Å². The van der Waals surface area contributed by atoms with E-state index in [4.69, 9.17) is 4.74 Å². The van der Waals surface area contributed by atoms with Crippen LogP contribution in [0.2, 0.25) is 0 Å². The lowest BCUT2D eigenvalue weighted by Crippen LogP contribution is -2.26. The standard InChI is InChI=1S/C26H26FN3O2/c1-2-13-28-25(31)16-22(20-10-6-11-21(27)15-20)23-17-29-26-24(12-7-14-30(23)26)32-18-19-8-4-3-5-9-19/h3-12,14-15,17,22H,2,13,16,18H2,1H3,(H,28,31). The Hall–Kier alpha value is -3.67. The zero-order valence-electron chi connectivity index (χ0n) is 18.0. The third-order valence-corrected chi connectivity index (χ3v) is 5.34. The van der Waals surface area contributed by atoms with Crippen molar-refractivity contribution in [1.29, 1.82) is 0 Å². The molecule has 4 rings (SSSR count). The number of aromatic nitrogens is 2. The summed E-state index contributed by atoms with van der Waals surface area (Å²) in [5.74, 6) is -0.104. The van der Waals surface area contributed by atoms with Gasteiger partial charge in [-0.25, -0.2) is 9.37 Å². The molecule has 5 nitrogen and oxygen atoms in total. The Labute approximate surface area is 186 Å². The molecular weight excluding hydrogens is 405 g/mol. The van der Waals surface area contributed by atoms with Gasteiger partial charge < -0.3 is 14.5 Å². The van der Waals surface area contributed by atoms with Crippen LogP contribution in [0.5, 0.6) is 5.75 Å². The normalized spacial score (nSPS) is 11.9. The molecule has 0 saturated carbocycles. The predicted molar refractivity (Wildman–Crippen MR) is 122 cm³/mol. The fourth-order valence-corrected chi connectivity index (χ4v) is 3.75. The van der Waals surface area contributed by atoms with Gasteiger partial charge in [0.15, 0.2) is 11.4 Å². The first-order chi connectivity index (χ1) is 15.7. The maximum absolute atomic E-state index is 14.0. The number of carbonyl (C=O) groups is 1. The van der Waals surface area contributed by atoms with E-state index in [0.29, 0.717) is 24.5 Å². The predicted octanol–water partition coefficient (Wildman–Crippen LogP) is 5.10. The summed E-state index contributed by atoms with van der Waals surface area (Å²) in [6.45, 7) is 3.04. The number of nitrogens with zero attached hydrogens (tertiary/aromatic N) is 2. The third kappa shape index (κ3) is 4.97. The number of nitrogens with one attached hydrogen (secondary N) is 1. The van der Waals surface area contributed by atoms with Crippen LogP contribution in [0.25, 0.3) is 5.65 Å². The van der Waals surface area contributed by atoms with Crippen molar-refractivity contribution in [3.8, 4) is 5.75 Å². The molecule has 0 aliphatic heterocycles. The molecule has 0 spiro atoms. The molecule has 1 N–H and O–H groups in total. The highest BCUT2D eigenvalue weighted by Gasteiger charge is 2.23. The fourth-order valence-electron chi connectivity index (χ4n) is 3.75. The second-order valence-corrected chi connectivity index (χ2v) is 7.69. The number of amides is 1. The number of hydrogen-bond donors (Lipinski definition) is 1. The van der Waals surface area contributed by atoms with Crippen LogP contribution in [0, 0.1) is 5.82 Å². The molecule has 0 aliphatic rings. The number of carbonyl (C=O) groups excluding carboxylic acids is 1. The molecule has 4 aromatic rings. The molecule has 0 bridgehead atoms. The monoisotopic (exact) mass is 431 g/mol. The molecule has 0 fully saturated rings. The maximum Gasteiger partial charge on any atom is 0.221 e. The quantitative estimate of drug-likeness (QED) is 0.401. The number of halogens is 1. The Bertz CT molecular complexity index is 1190. The van der Waals surface area contributed by atoms with Crippen LogP contribution in [0.3, 0.4) is 0 Å². The van der Waals surface area contributed by atoms with Crippen LogP contribution in [-0.4, -0.2) is 21.8 Å². The van der Waals surface area contributed by atoms with Crippen molar-refractivity contribution in [3.63, 3.8) is 0 Å². The van der Waals surface area contributed by atoms with E-state index in [0.717, 1.165) is 23.2 Å². The molecule has 164 valence electrons. The van der Waals surface area contributed by atoms with Crippen LogP contribution in [-0.2, 0) is 11.4 Å². The van der Waals surface area contributed by atoms with E-state index in [9.17, 15) is 9.18 Å². The molecule has 2 aromatic heterocycles. The molecule has 2 heterocycles. The third-order valence-electron chi connectivity index (χ3n) is 5.34. The summed E-state index contributed by atoms with van der Waals surface area (Å²) >= 11 is 0. The van der Waals surface area contributed by atoms with E-state index in [1.165, 1.54) is 12.1 Å². The number of ether oxygens (including phenoxy) is 1. The van der Waals surface area contributed by atoms with Gasteiger partial charge in [0, 0.05) is 31.3 Å². The largest absolute Gasteiger partial charge is 0.485 e. The van der Waals surface area contributed by atoms with Crippen molar-refractivity contribution in [1.82, 2.24) is 14.7 Å². The minimum absolute atomic E-state index is 0.0763. The second kappa shape index (κ2) is 10.1. The fraction of sp³-hybridized carbons (Fsp3) is 0.231. The molecule has 6 heteroatoms. The molecular formula is C26H26FN3O2. The van der Waals surface area contributed by atoms with Crippen molar-refractivity contribution in [3.05, 3.63) is 102 Å². The second-order valence-electron chi connectivity index (χ2n) is 7.69. The van der Waals surface area contributed by atoms with Crippen LogP contribution in [0.15, 0.2) is 79.1 Å². The van der Waals surface area contributed by atoms with Gasteiger partial charge in [-0.1, -0.05) is 49.4 Å². The summed E-state index contributed by atoms with van der Waals surface area (Å²) < 4.78 is 22.0. The first-order valence-corrected chi connectivity index (χ1v) is 10.8. The van der Waals surface area contributed by atoms with E-state index in [2.05, 4.69) is 10.3 Å². The van der Waals surface area contributed by atoms with Gasteiger partial charge in [0.25, 0.3) is 0 Å². The number of pyridine rings is 1. The van der Waals surface area contributed by atoms with Crippen LogP contribution in [0.1, 0.15) is 42.5 Å². The summed E-state index contributed by atoms with van der Waals surface area (Å²) in [6.07, 6.45) is 4.69. The number of rotatable bonds is 9. The van der Waals surface area contributed by atoms with Crippen molar-refractivity contribution in [2.75, 3.05) is 6.54 Å². The van der Waals surface area contributed by atoms with Gasteiger partial charge in [-0.3, -0.25) is 4.79 Å². The average molecular weight is 432 g/mol. The number of hydrogen-bond acceptors (Lipinski definition) is 3. The Balaban J connectivity index is 1.67. The van der Waals surface area contributed by atoms with Gasteiger partial charge >= 0.3 is 0 Å². The molecule has 0 saturated heterocycles. The molecule has 0 aliphatic carbocycles. The molecule has 1 unspecified atom stereocenters. The number of imidazole rings is 1. The van der Waals surface area contributed by atoms with Gasteiger partial charge in [-0.2, -0.15) is 0 Å². The van der Waals surface area contributed by atoms with Gasteiger partial charge in [0.1, 0.15) is 12.4 Å². The lowest BCUT2D eigenvalue weighted by molar-refractivity contribution is -0.121. The highest BCUT2D eigenvalue weighted by molar-refractivity contribution is 5.77. The van der Waals surface area contributed by atoms with Gasteiger partial charge in [0.05, 0.1) is 5.69 Å². The number of fused-ring (bicyclic) bond motifs is 1. The van der Waals surface area contributed by atoms with Crippen molar-refractivity contribution >= 4 is 11.6 Å². The Morgan fingerprint density at radius 2 is 1.97 bits per heavy atom. The van der Waals surface area contributed by atoms with Gasteiger partial charge in [0.2, 0.25) is 5.91 Å². The molecule has 1 atom stereocenters. The van der Waals surface area contributed by atoms with E-state index in [1.54, 1.807) is 12.3 Å². The summed E-state index contributed by atoms with van der Waals surface area (Å²) in [5.41, 5.74) is 3.26. The summed E-state index contributed by atoms with van der Waals surface area (Å²) in [5, 5.41) is 2.92. The average Bonchev–Trinajstić information content (AvgIpc) is 3.25. The summed E-state index contributed by atoms with van der Waals surface area (Å²) in [7, 11) is 0. The Kier molecular flexibility index (Phi) is 6.80. The first kappa shape index (κ1) is 21.6. The van der Waals surface area contributed by atoms with E-state index in [-0.39, 0.29) is 24.1 Å². The number of benzene rings is 2. The molecule has 0 radical (unpaired) electrons. The Morgan fingerprint density at radius 3 is 2.75 bits per heavy atom. The van der Waals surface area contributed by atoms with Crippen molar-refractivity contribution < 1.29 is 13.9 Å². The van der Waals surface area contributed by atoms with Crippen LogP contribution < -0.4 is 10.1 Å². The van der Waals surface area contributed by atoms with Crippen molar-refractivity contribution in [2.24, 2.45) is 0 Å². The highest BCUT2D eigenvalue weighted by Crippen LogP contribution is 2.31. The SMILES string of the molecule is CCCNC(=O)CC(c1cccc(F)c1)c1cnc2c(OCc3ccccc3)cccn12. The highest BCUT2D eigenvalue weighted by atomic mass is 19.1. The van der Waals surface area contributed by atoms with Gasteiger partial charge in [-0.15, -0.1) is 0 Å².